The van der Waals surface area contributed by atoms with Crippen molar-refractivity contribution in [3.8, 4) is 11.1 Å². The molecule has 0 aliphatic carbocycles. The Bertz CT molecular complexity index is 1000. The monoisotopic (exact) mass is 409 g/mol. The van der Waals surface area contributed by atoms with Crippen LogP contribution in [0.4, 0.5) is 10.1 Å². The third-order valence-corrected chi connectivity index (χ3v) is 5.04. The van der Waals surface area contributed by atoms with Crippen LogP contribution in [0.25, 0.3) is 11.1 Å². The van der Waals surface area contributed by atoms with Crippen LogP contribution in [0.15, 0.2) is 70.4 Å². The summed E-state index contributed by atoms with van der Waals surface area (Å²) in [6.07, 6.45) is 3.59. The van der Waals surface area contributed by atoms with Gasteiger partial charge in [-0.25, -0.2) is 4.39 Å². The first kappa shape index (κ1) is 16.9. The van der Waals surface area contributed by atoms with Crippen LogP contribution in [-0.2, 0) is 0 Å². The van der Waals surface area contributed by atoms with E-state index in [0.717, 1.165) is 44.7 Å². The van der Waals surface area contributed by atoms with Gasteiger partial charge >= 0.3 is 0 Å². The van der Waals surface area contributed by atoms with Crippen molar-refractivity contribution in [2.45, 2.75) is 0 Å². The standard InChI is InChI=1S/C21H17BrFN3/c1-26-10-9-25-21(18-12-16(23)5-6-20(18)26)19-13-24-8-7-17(19)14-3-2-4-15(22)11-14/h2-8,11-13H,9-10H2,1H3. The van der Waals surface area contributed by atoms with Crippen molar-refractivity contribution in [1.29, 1.82) is 0 Å². The number of halogens is 2. The van der Waals surface area contributed by atoms with Crippen LogP contribution in [0.2, 0.25) is 0 Å². The first-order chi connectivity index (χ1) is 12.6. The van der Waals surface area contributed by atoms with Crippen molar-refractivity contribution in [3.05, 3.63) is 82.3 Å². The summed E-state index contributed by atoms with van der Waals surface area (Å²) in [5.41, 5.74) is 5.57. The smallest absolute Gasteiger partial charge is 0.124 e. The largest absolute Gasteiger partial charge is 0.372 e. The zero-order chi connectivity index (χ0) is 18.1. The Morgan fingerprint density at radius 3 is 2.77 bits per heavy atom. The van der Waals surface area contributed by atoms with Gasteiger partial charge in [-0.1, -0.05) is 28.1 Å². The van der Waals surface area contributed by atoms with E-state index in [4.69, 9.17) is 4.99 Å². The molecule has 1 aromatic heterocycles. The van der Waals surface area contributed by atoms with Gasteiger partial charge in [0.25, 0.3) is 0 Å². The molecule has 2 heterocycles. The number of fused-ring (bicyclic) bond motifs is 1. The number of hydrogen-bond acceptors (Lipinski definition) is 3. The van der Waals surface area contributed by atoms with Crippen LogP contribution >= 0.6 is 15.9 Å². The Morgan fingerprint density at radius 2 is 1.92 bits per heavy atom. The summed E-state index contributed by atoms with van der Waals surface area (Å²) >= 11 is 3.53. The highest BCUT2D eigenvalue weighted by Gasteiger charge is 2.21. The molecule has 0 spiro atoms. The molecule has 0 fully saturated rings. The zero-order valence-electron chi connectivity index (χ0n) is 14.3. The summed E-state index contributed by atoms with van der Waals surface area (Å²) in [6, 6.07) is 15.0. The Balaban J connectivity index is 1.93. The predicted molar refractivity (Wildman–Crippen MR) is 108 cm³/mol. The van der Waals surface area contributed by atoms with Gasteiger partial charge in [-0.15, -0.1) is 0 Å². The van der Waals surface area contributed by atoms with Crippen LogP contribution < -0.4 is 4.90 Å². The summed E-state index contributed by atoms with van der Waals surface area (Å²) in [5, 5.41) is 0. The number of benzene rings is 2. The Hall–Kier alpha value is -2.53. The molecule has 0 atom stereocenters. The fourth-order valence-corrected chi connectivity index (χ4v) is 3.67. The maximum atomic E-state index is 14.0. The molecule has 0 radical (unpaired) electrons. The fourth-order valence-electron chi connectivity index (χ4n) is 3.27. The molecule has 0 N–H and O–H groups in total. The van der Waals surface area contributed by atoms with E-state index in [0.29, 0.717) is 6.54 Å². The van der Waals surface area contributed by atoms with Crippen molar-refractivity contribution in [2.75, 3.05) is 25.0 Å². The molecule has 0 saturated heterocycles. The van der Waals surface area contributed by atoms with E-state index >= 15 is 0 Å². The third kappa shape index (κ3) is 3.15. The number of aromatic nitrogens is 1. The molecule has 1 aliphatic rings. The molecule has 1 aliphatic heterocycles. The summed E-state index contributed by atoms with van der Waals surface area (Å²) < 4.78 is 15.0. The van der Waals surface area contributed by atoms with Gasteiger partial charge in [0, 0.05) is 47.3 Å². The van der Waals surface area contributed by atoms with E-state index in [1.54, 1.807) is 12.3 Å². The number of nitrogens with zero attached hydrogens (tertiary/aromatic N) is 3. The molecule has 5 heteroatoms. The molecule has 2 aromatic carbocycles. The van der Waals surface area contributed by atoms with Gasteiger partial charge in [-0.05, 0) is 47.5 Å². The number of hydrogen-bond donors (Lipinski definition) is 0. The van der Waals surface area contributed by atoms with Gasteiger partial charge in [0.2, 0.25) is 0 Å². The highest BCUT2D eigenvalue weighted by molar-refractivity contribution is 9.10. The predicted octanol–water partition coefficient (Wildman–Crippen LogP) is 4.94. The molecule has 3 nitrogen and oxygen atoms in total. The van der Waals surface area contributed by atoms with Gasteiger partial charge in [0.05, 0.1) is 12.3 Å². The SMILES string of the molecule is CN1CCN=C(c2cnccc2-c2cccc(Br)c2)c2cc(F)ccc21. The van der Waals surface area contributed by atoms with E-state index in [1.807, 2.05) is 37.5 Å². The van der Waals surface area contributed by atoms with Crippen molar-refractivity contribution in [1.82, 2.24) is 4.98 Å². The normalized spacial score (nSPS) is 13.8. The van der Waals surface area contributed by atoms with E-state index in [9.17, 15) is 4.39 Å². The minimum absolute atomic E-state index is 0.264. The molecule has 0 saturated carbocycles. The maximum Gasteiger partial charge on any atom is 0.124 e. The number of anilines is 1. The molecule has 4 rings (SSSR count). The number of likely N-dealkylation sites (N-methyl/N-ethyl adjacent to an activating group) is 1. The van der Waals surface area contributed by atoms with Crippen LogP contribution in [0.5, 0.6) is 0 Å². The zero-order valence-corrected chi connectivity index (χ0v) is 15.9. The lowest BCUT2D eigenvalue weighted by atomic mass is 9.94. The summed E-state index contributed by atoms with van der Waals surface area (Å²) in [5.74, 6) is -0.264. The fraction of sp³-hybridized carbons (Fsp3) is 0.143. The molecule has 130 valence electrons. The van der Waals surface area contributed by atoms with E-state index in [1.165, 1.54) is 6.07 Å². The molecule has 3 aromatic rings. The number of benzodiazepines with no additional fused rings is 1. The van der Waals surface area contributed by atoms with Gasteiger partial charge < -0.3 is 4.90 Å². The van der Waals surface area contributed by atoms with Crippen molar-refractivity contribution in [3.63, 3.8) is 0 Å². The number of pyridine rings is 1. The second-order valence-electron chi connectivity index (χ2n) is 6.24. The van der Waals surface area contributed by atoms with Crippen LogP contribution in [0.1, 0.15) is 11.1 Å². The first-order valence-electron chi connectivity index (χ1n) is 8.39. The molecular formula is C21H17BrFN3. The molecular weight excluding hydrogens is 393 g/mol. The highest BCUT2D eigenvalue weighted by Crippen LogP contribution is 2.31. The molecule has 0 amide bonds. The summed E-state index contributed by atoms with van der Waals surface area (Å²) in [6.45, 7) is 1.43. The Kier molecular flexibility index (Phi) is 4.55. The van der Waals surface area contributed by atoms with Gasteiger partial charge in [0.15, 0.2) is 0 Å². The highest BCUT2D eigenvalue weighted by atomic mass is 79.9. The average molecular weight is 410 g/mol. The Morgan fingerprint density at radius 1 is 1.04 bits per heavy atom. The van der Waals surface area contributed by atoms with Crippen molar-refractivity contribution >= 4 is 27.3 Å². The minimum Gasteiger partial charge on any atom is -0.372 e. The lowest BCUT2D eigenvalue weighted by Crippen LogP contribution is -2.20. The van der Waals surface area contributed by atoms with E-state index in [-0.39, 0.29) is 5.82 Å². The van der Waals surface area contributed by atoms with Gasteiger partial charge in [-0.2, -0.15) is 0 Å². The average Bonchev–Trinajstić information content (AvgIpc) is 2.80. The quantitative estimate of drug-likeness (QED) is 0.599. The Labute approximate surface area is 160 Å². The van der Waals surface area contributed by atoms with Crippen LogP contribution in [0, 0.1) is 5.82 Å². The van der Waals surface area contributed by atoms with Crippen LogP contribution in [-0.4, -0.2) is 30.8 Å². The lowest BCUT2D eigenvalue weighted by molar-refractivity contribution is 0.627. The summed E-state index contributed by atoms with van der Waals surface area (Å²) in [7, 11) is 2.01. The summed E-state index contributed by atoms with van der Waals surface area (Å²) in [4.78, 5) is 11.2. The topological polar surface area (TPSA) is 28.5 Å². The van der Waals surface area contributed by atoms with Gasteiger partial charge in [0.1, 0.15) is 5.82 Å². The van der Waals surface area contributed by atoms with E-state index < -0.39 is 0 Å². The third-order valence-electron chi connectivity index (χ3n) is 4.54. The first-order valence-corrected chi connectivity index (χ1v) is 9.18. The molecule has 26 heavy (non-hydrogen) atoms. The van der Waals surface area contributed by atoms with Crippen LogP contribution in [0.3, 0.4) is 0 Å². The molecule has 0 unspecified atom stereocenters. The molecule has 0 bridgehead atoms. The van der Waals surface area contributed by atoms with E-state index in [2.05, 4.69) is 37.9 Å². The number of rotatable bonds is 2. The lowest BCUT2D eigenvalue weighted by Gasteiger charge is -2.20. The maximum absolute atomic E-state index is 14.0. The number of aliphatic imine (C=N–C) groups is 1. The van der Waals surface area contributed by atoms with Crippen molar-refractivity contribution in [2.24, 2.45) is 4.99 Å². The van der Waals surface area contributed by atoms with Gasteiger partial charge in [-0.3, -0.25) is 9.98 Å². The second kappa shape index (κ2) is 7.00. The van der Waals surface area contributed by atoms with Crippen molar-refractivity contribution < 1.29 is 4.39 Å². The minimum atomic E-state index is -0.264. The second-order valence-corrected chi connectivity index (χ2v) is 7.16.